The van der Waals surface area contributed by atoms with Crippen LogP contribution in [0.25, 0.3) is 5.70 Å². The summed E-state index contributed by atoms with van der Waals surface area (Å²) >= 11 is 0. The molecule has 0 bridgehead atoms. The molecule has 1 aliphatic heterocycles. The van der Waals surface area contributed by atoms with Gasteiger partial charge in [-0.25, -0.2) is 14.6 Å². The van der Waals surface area contributed by atoms with Crippen LogP contribution in [0.15, 0.2) is 16.6 Å². The number of rotatable bonds is 7. The number of aliphatic imine (C=N–C) groups is 1. The molecule has 0 radical (unpaired) electrons. The van der Waals surface area contributed by atoms with E-state index in [2.05, 4.69) is 23.8 Å². The summed E-state index contributed by atoms with van der Waals surface area (Å²) in [6.45, 7) is 12.2. The van der Waals surface area contributed by atoms with Crippen molar-refractivity contribution < 1.29 is 19.1 Å². The summed E-state index contributed by atoms with van der Waals surface area (Å²) in [4.78, 5) is 32.3. The summed E-state index contributed by atoms with van der Waals surface area (Å²) in [6.07, 6.45) is 1.50. The third-order valence-corrected chi connectivity index (χ3v) is 5.17. The number of H-pyrrole nitrogens is 1. The predicted octanol–water partition coefficient (Wildman–Crippen LogP) is 4.05. The lowest BCUT2D eigenvalue weighted by molar-refractivity contribution is -0.135. The molecule has 0 spiro atoms. The molecule has 1 aromatic heterocycles. The number of hydrogen-bond acceptors (Lipinski definition) is 5. The van der Waals surface area contributed by atoms with Crippen molar-refractivity contribution in [3.05, 3.63) is 28.6 Å². The highest BCUT2D eigenvalue weighted by Crippen LogP contribution is 2.47. The van der Waals surface area contributed by atoms with Gasteiger partial charge in [0.25, 0.3) is 0 Å². The topological polar surface area (TPSA) is 80.8 Å². The van der Waals surface area contributed by atoms with E-state index in [4.69, 9.17) is 9.47 Å². The molecule has 0 atom stereocenters. The minimum atomic E-state index is -0.441. The van der Waals surface area contributed by atoms with E-state index in [1.54, 1.807) is 19.9 Å². The van der Waals surface area contributed by atoms with E-state index in [0.717, 1.165) is 29.7 Å². The molecular weight excluding hydrogens is 332 g/mol. The number of carbonyl (C=O) groups is 2. The average Bonchev–Trinajstić information content (AvgIpc) is 3.13. The zero-order chi connectivity index (χ0) is 19.5. The quantitative estimate of drug-likeness (QED) is 0.744. The molecule has 0 unspecified atom stereocenters. The lowest BCUT2D eigenvalue weighted by atomic mass is 9.73. The molecule has 142 valence electrons. The van der Waals surface area contributed by atoms with Crippen molar-refractivity contribution in [2.75, 3.05) is 13.2 Å². The first-order valence-electron chi connectivity index (χ1n) is 9.20. The Hall–Kier alpha value is -2.37. The Bertz CT molecular complexity index is 767. The van der Waals surface area contributed by atoms with E-state index in [1.807, 2.05) is 13.8 Å². The third-order valence-electron chi connectivity index (χ3n) is 5.17. The van der Waals surface area contributed by atoms with Gasteiger partial charge >= 0.3 is 11.9 Å². The number of aromatic amines is 1. The summed E-state index contributed by atoms with van der Waals surface area (Å²) in [5, 5.41) is 0. The summed E-state index contributed by atoms with van der Waals surface area (Å²) in [5.74, 6) is -0.773. The monoisotopic (exact) mass is 360 g/mol. The summed E-state index contributed by atoms with van der Waals surface area (Å²) < 4.78 is 10.3. The third kappa shape index (κ3) is 3.20. The number of nitrogens with one attached hydrogen (secondary N) is 1. The highest BCUT2D eigenvalue weighted by atomic mass is 16.5. The number of nitrogens with zero attached hydrogens (tertiary/aromatic N) is 1. The van der Waals surface area contributed by atoms with E-state index in [9.17, 15) is 9.59 Å². The lowest BCUT2D eigenvalue weighted by Crippen LogP contribution is -2.35. The van der Waals surface area contributed by atoms with E-state index < -0.39 is 11.4 Å². The number of aromatic nitrogens is 1. The summed E-state index contributed by atoms with van der Waals surface area (Å²) in [5.41, 5.74) is 3.76. The maximum Gasteiger partial charge on any atom is 0.354 e. The molecule has 26 heavy (non-hydrogen) atoms. The van der Waals surface area contributed by atoms with Gasteiger partial charge in [-0.05, 0) is 57.7 Å². The van der Waals surface area contributed by atoms with Crippen LogP contribution in [0.1, 0.15) is 69.2 Å². The van der Waals surface area contributed by atoms with Crippen molar-refractivity contribution >= 4 is 23.3 Å². The smallest absolute Gasteiger partial charge is 0.354 e. The minimum absolute atomic E-state index is 0.310. The SMILES string of the molecule is CCOC(=O)C1=NC(c2[nH]c(C(=O)OCC)cc2C)=C(C)C1(CC)CC. The second-order valence-electron chi connectivity index (χ2n) is 6.41. The average molecular weight is 360 g/mol. The van der Waals surface area contributed by atoms with Crippen molar-refractivity contribution in [3.63, 3.8) is 0 Å². The first kappa shape index (κ1) is 19.9. The van der Waals surface area contributed by atoms with Crippen molar-refractivity contribution in [2.45, 2.75) is 54.4 Å². The van der Waals surface area contributed by atoms with Crippen molar-refractivity contribution in [3.8, 4) is 0 Å². The van der Waals surface area contributed by atoms with Crippen molar-refractivity contribution in [2.24, 2.45) is 10.4 Å². The van der Waals surface area contributed by atoms with Gasteiger partial charge in [-0.2, -0.15) is 0 Å². The molecule has 2 rings (SSSR count). The molecular formula is C20H28N2O4. The highest BCUT2D eigenvalue weighted by molar-refractivity contribution is 6.41. The predicted molar refractivity (Wildman–Crippen MR) is 101 cm³/mol. The minimum Gasteiger partial charge on any atom is -0.461 e. The van der Waals surface area contributed by atoms with Crippen LogP contribution in [0.3, 0.4) is 0 Å². The number of carbonyl (C=O) groups excluding carboxylic acids is 2. The van der Waals surface area contributed by atoms with Crippen LogP contribution >= 0.6 is 0 Å². The molecule has 6 nitrogen and oxygen atoms in total. The molecule has 1 N–H and O–H groups in total. The number of esters is 2. The van der Waals surface area contributed by atoms with Crippen LogP contribution in [0, 0.1) is 12.3 Å². The van der Waals surface area contributed by atoms with Gasteiger partial charge < -0.3 is 14.5 Å². The van der Waals surface area contributed by atoms with Gasteiger partial charge in [0.05, 0.1) is 24.6 Å². The van der Waals surface area contributed by atoms with E-state index in [0.29, 0.717) is 30.3 Å². The molecule has 0 saturated carbocycles. The molecule has 6 heteroatoms. The van der Waals surface area contributed by atoms with Crippen LogP contribution < -0.4 is 0 Å². The lowest BCUT2D eigenvalue weighted by Gasteiger charge is -2.29. The molecule has 0 aliphatic carbocycles. The molecule has 0 fully saturated rings. The molecule has 2 heterocycles. The Balaban J connectivity index is 2.56. The van der Waals surface area contributed by atoms with E-state index in [-0.39, 0.29) is 5.97 Å². The Morgan fingerprint density at radius 1 is 1.04 bits per heavy atom. The molecule has 1 aliphatic rings. The Morgan fingerprint density at radius 3 is 2.15 bits per heavy atom. The van der Waals surface area contributed by atoms with Gasteiger partial charge in [0.2, 0.25) is 0 Å². The number of ether oxygens (including phenoxy) is 2. The molecule has 1 aromatic rings. The summed E-state index contributed by atoms with van der Waals surface area (Å²) in [6, 6.07) is 1.76. The van der Waals surface area contributed by atoms with Gasteiger partial charge in [0.15, 0.2) is 0 Å². The maximum absolute atomic E-state index is 12.5. The van der Waals surface area contributed by atoms with Crippen LogP contribution in [0.2, 0.25) is 0 Å². The first-order chi connectivity index (χ1) is 12.4. The Labute approximate surface area is 154 Å². The second-order valence-corrected chi connectivity index (χ2v) is 6.41. The fraction of sp³-hybridized carbons (Fsp3) is 0.550. The first-order valence-corrected chi connectivity index (χ1v) is 9.20. The van der Waals surface area contributed by atoms with Gasteiger partial charge in [-0.3, -0.25) is 0 Å². The van der Waals surface area contributed by atoms with Crippen molar-refractivity contribution in [1.82, 2.24) is 4.98 Å². The normalized spacial score (nSPS) is 15.8. The molecule has 0 amide bonds. The van der Waals surface area contributed by atoms with Gasteiger partial charge in [-0.15, -0.1) is 0 Å². The van der Waals surface area contributed by atoms with Crippen LogP contribution in [0.4, 0.5) is 0 Å². The number of allylic oxidation sites excluding steroid dienone is 1. The van der Waals surface area contributed by atoms with Crippen LogP contribution in [-0.4, -0.2) is 35.8 Å². The molecule has 0 aromatic carbocycles. The highest BCUT2D eigenvalue weighted by Gasteiger charge is 2.45. The maximum atomic E-state index is 12.5. The van der Waals surface area contributed by atoms with E-state index in [1.165, 1.54) is 0 Å². The second kappa shape index (κ2) is 7.89. The number of aryl methyl sites for hydroxylation is 1. The largest absolute Gasteiger partial charge is 0.461 e. The Kier molecular flexibility index (Phi) is 6.05. The van der Waals surface area contributed by atoms with Gasteiger partial charge in [0, 0.05) is 5.41 Å². The standard InChI is InChI=1S/C20H28N2O4/c1-7-20(8-2)13(6)16(22-17(20)19(24)26-10-4)15-12(5)11-14(21-15)18(23)25-9-3/h11,21H,7-10H2,1-6H3. The number of hydrogen-bond donors (Lipinski definition) is 1. The van der Waals surface area contributed by atoms with Crippen LogP contribution in [-0.2, 0) is 14.3 Å². The summed E-state index contributed by atoms with van der Waals surface area (Å²) in [7, 11) is 0. The fourth-order valence-electron chi connectivity index (χ4n) is 3.63. The van der Waals surface area contributed by atoms with E-state index >= 15 is 0 Å². The zero-order valence-electron chi connectivity index (χ0n) is 16.5. The fourth-order valence-corrected chi connectivity index (χ4v) is 3.63. The van der Waals surface area contributed by atoms with Crippen LogP contribution in [0.5, 0.6) is 0 Å². The Morgan fingerprint density at radius 2 is 1.62 bits per heavy atom. The molecule has 0 saturated heterocycles. The van der Waals surface area contributed by atoms with Gasteiger partial charge in [0.1, 0.15) is 11.4 Å². The zero-order valence-corrected chi connectivity index (χ0v) is 16.5. The van der Waals surface area contributed by atoms with Gasteiger partial charge in [-0.1, -0.05) is 13.8 Å². The van der Waals surface area contributed by atoms with Crippen molar-refractivity contribution in [1.29, 1.82) is 0 Å².